The fourth-order valence-corrected chi connectivity index (χ4v) is 3.68. The van der Waals surface area contributed by atoms with Gasteiger partial charge in [0.25, 0.3) is 0 Å². The van der Waals surface area contributed by atoms with E-state index < -0.39 is 0 Å². The van der Waals surface area contributed by atoms with Crippen LogP contribution in [0.25, 0.3) is 6.08 Å². The topological polar surface area (TPSA) is 47.6 Å². The van der Waals surface area contributed by atoms with E-state index in [1.165, 1.54) is 11.1 Å². The van der Waals surface area contributed by atoms with Crippen LogP contribution in [0.3, 0.4) is 0 Å². The van der Waals surface area contributed by atoms with E-state index in [4.69, 9.17) is 9.47 Å². The monoisotopic (exact) mass is 357 g/mol. The molecule has 2 aromatic rings. The van der Waals surface area contributed by atoms with Crippen LogP contribution in [-0.4, -0.2) is 18.6 Å². The van der Waals surface area contributed by atoms with E-state index in [1.807, 2.05) is 43.5 Å². The number of ether oxygens (including phenoxy) is 2. The number of fused-ring (bicyclic) bond motifs is 1. The summed E-state index contributed by atoms with van der Waals surface area (Å²) in [6, 6.07) is 6.06. The molecule has 1 atom stereocenters. The summed E-state index contributed by atoms with van der Waals surface area (Å²) >= 11 is 1.63. The van der Waals surface area contributed by atoms with Gasteiger partial charge in [-0.25, -0.2) is 0 Å². The van der Waals surface area contributed by atoms with Crippen molar-refractivity contribution in [3.8, 4) is 11.5 Å². The SMILES string of the molecule is CCOc1cc2c(cc1CNC(=O)/C=C/c1sccc1C)O[C@@H](C)C2. The summed E-state index contributed by atoms with van der Waals surface area (Å²) < 4.78 is 11.6. The zero-order chi connectivity index (χ0) is 17.8. The first-order valence-corrected chi connectivity index (χ1v) is 9.40. The zero-order valence-electron chi connectivity index (χ0n) is 14.8. The Kier molecular flexibility index (Phi) is 5.43. The summed E-state index contributed by atoms with van der Waals surface area (Å²) in [5.74, 6) is 1.59. The molecule has 0 spiro atoms. The smallest absolute Gasteiger partial charge is 0.244 e. The standard InChI is InChI=1S/C20H23NO3S/c1-4-23-17-10-15-9-14(3)24-18(15)11-16(17)12-21-20(22)6-5-19-13(2)7-8-25-19/h5-8,10-11,14H,4,9,12H2,1-3H3,(H,21,22)/b6-5+/t14-/m0/s1. The van der Waals surface area contributed by atoms with Crippen molar-refractivity contribution in [2.75, 3.05) is 6.61 Å². The fourth-order valence-electron chi connectivity index (χ4n) is 2.86. The highest BCUT2D eigenvalue weighted by atomic mass is 32.1. The van der Waals surface area contributed by atoms with Gasteiger partial charge in [-0.3, -0.25) is 4.79 Å². The van der Waals surface area contributed by atoms with E-state index >= 15 is 0 Å². The van der Waals surface area contributed by atoms with E-state index in [9.17, 15) is 4.79 Å². The van der Waals surface area contributed by atoms with Crippen LogP contribution in [0.1, 0.15) is 35.4 Å². The predicted molar refractivity (Wildman–Crippen MR) is 101 cm³/mol. The van der Waals surface area contributed by atoms with Crippen LogP contribution in [-0.2, 0) is 17.8 Å². The van der Waals surface area contributed by atoms with Gasteiger partial charge in [-0.1, -0.05) is 0 Å². The summed E-state index contributed by atoms with van der Waals surface area (Å²) in [7, 11) is 0. The van der Waals surface area contributed by atoms with Crippen molar-refractivity contribution >= 4 is 23.3 Å². The lowest BCUT2D eigenvalue weighted by atomic mass is 10.1. The van der Waals surface area contributed by atoms with Crippen molar-refractivity contribution in [3.05, 3.63) is 51.2 Å². The molecule has 5 heteroatoms. The normalized spacial score (nSPS) is 15.9. The molecule has 3 rings (SSSR count). The summed E-state index contributed by atoms with van der Waals surface area (Å²) in [4.78, 5) is 13.2. The van der Waals surface area contributed by atoms with Crippen LogP contribution >= 0.6 is 11.3 Å². The van der Waals surface area contributed by atoms with Crippen LogP contribution in [0.15, 0.2) is 29.7 Å². The van der Waals surface area contributed by atoms with Crippen molar-refractivity contribution in [2.24, 2.45) is 0 Å². The van der Waals surface area contributed by atoms with Crippen LogP contribution in [0.5, 0.6) is 11.5 Å². The van der Waals surface area contributed by atoms with E-state index in [0.717, 1.165) is 28.4 Å². The van der Waals surface area contributed by atoms with E-state index in [1.54, 1.807) is 17.4 Å². The Morgan fingerprint density at radius 2 is 2.32 bits per heavy atom. The predicted octanol–water partition coefficient (Wildman–Crippen LogP) is 4.11. The minimum atomic E-state index is -0.120. The summed E-state index contributed by atoms with van der Waals surface area (Å²) in [5, 5.41) is 4.95. The van der Waals surface area contributed by atoms with E-state index in [2.05, 4.69) is 12.2 Å². The minimum absolute atomic E-state index is 0.120. The molecule has 1 N–H and O–H groups in total. The lowest BCUT2D eigenvalue weighted by molar-refractivity contribution is -0.116. The van der Waals surface area contributed by atoms with Crippen molar-refractivity contribution in [1.82, 2.24) is 5.32 Å². The molecule has 0 bridgehead atoms. The van der Waals surface area contributed by atoms with Gasteiger partial charge in [-0.15, -0.1) is 11.3 Å². The average Bonchev–Trinajstić information content (AvgIpc) is 3.15. The summed E-state index contributed by atoms with van der Waals surface area (Å²) in [6.45, 7) is 7.05. The number of benzene rings is 1. The minimum Gasteiger partial charge on any atom is -0.494 e. The molecule has 1 amide bonds. The van der Waals surface area contributed by atoms with Gasteiger partial charge in [0.2, 0.25) is 5.91 Å². The van der Waals surface area contributed by atoms with Crippen molar-refractivity contribution in [1.29, 1.82) is 0 Å². The molecular formula is C20H23NO3S. The Morgan fingerprint density at radius 3 is 3.04 bits per heavy atom. The maximum absolute atomic E-state index is 12.1. The number of rotatable bonds is 6. The average molecular weight is 357 g/mol. The molecule has 0 unspecified atom stereocenters. The van der Waals surface area contributed by atoms with Gasteiger partial charge in [0.05, 0.1) is 6.61 Å². The molecule has 1 aromatic heterocycles. The number of hydrogen-bond acceptors (Lipinski definition) is 4. The molecule has 1 aliphatic rings. The molecule has 25 heavy (non-hydrogen) atoms. The van der Waals surface area contributed by atoms with Crippen LogP contribution < -0.4 is 14.8 Å². The highest BCUT2D eigenvalue weighted by Gasteiger charge is 2.21. The van der Waals surface area contributed by atoms with Crippen molar-refractivity contribution in [2.45, 2.75) is 39.8 Å². The van der Waals surface area contributed by atoms with E-state index in [0.29, 0.717) is 13.2 Å². The third-order valence-corrected chi connectivity index (χ3v) is 5.10. The molecule has 4 nitrogen and oxygen atoms in total. The molecule has 132 valence electrons. The Bertz CT molecular complexity index is 794. The first-order chi connectivity index (χ1) is 12.1. The van der Waals surface area contributed by atoms with Crippen molar-refractivity contribution in [3.63, 3.8) is 0 Å². The second-order valence-corrected chi connectivity index (χ2v) is 7.10. The Balaban J connectivity index is 1.68. The first-order valence-electron chi connectivity index (χ1n) is 8.52. The first kappa shape index (κ1) is 17.5. The van der Waals surface area contributed by atoms with E-state index in [-0.39, 0.29) is 12.0 Å². The number of nitrogens with one attached hydrogen (secondary N) is 1. The van der Waals surface area contributed by atoms with Gasteiger partial charge in [0, 0.05) is 35.0 Å². The van der Waals surface area contributed by atoms with Crippen LogP contribution in [0.2, 0.25) is 0 Å². The summed E-state index contributed by atoms with van der Waals surface area (Å²) in [6.07, 6.45) is 4.51. The molecule has 0 radical (unpaired) electrons. The van der Waals surface area contributed by atoms with Gasteiger partial charge in [0.15, 0.2) is 0 Å². The molecule has 2 heterocycles. The van der Waals surface area contributed by atoms with Gasteiger partial charge in [0.1, 0.15) is 17.6 Å². The molecule has 0 saturated carbocycles. The number of amides is 1. The molecule has 1 aromatic carbocycles. The zero-order valence-corrected chi connectivity index (χ0v) is 15.6. The van der Waals surface area contributed by atoms with Crippen molar-refractivity contribution < 1.29 is 14.3 Å². The highest BCUT2D eigenvalue weighted by Crippen LogP contribution is 2.35. The highest BCUT2D eigenvalue weighted by molar-refractivity contribution is 7.11. The van der Waals surface area contributed by atoms with Gasteiger partial charge < -0.3 is 14.8 Å². The van der Waals surface area contributed by atoms with Gasteiger partial charge >= 0.3 is 0 Å². The third kappa shape index (κ3) is 4.23. The Labute approximate surface area is 152 Å². The number of thiophene rings is 1. The third-order valence-electron chi connectivity index (χ3n) is 4.12. The molecule has 0 fully saturated rings. The lowest BCUT2D eigenvalue weighted by Gasteiger charge is -2.13. The second kappa shape index (κ2) is 7.74. The molecular weight excluding hydrogens is 334 g/mol. The number of carbonyl (C=O) groups is 1. The van der Waals surface area contributed by atoms with Crippen LogP contribution in [0, 0.1) is 6.92 Å². The fraction of sp³-hybridized carbons (Fsp3) is 0.350. The number of hydrogen-bond donors (Lipinski definition) is 1. The maximum atomic E-state index is 12.1. The Morgan fingerprint density at radius 1 is 1.48 bits per heavy atom. The van der Waals surface area contributed by atoms with Crippen LogP contribution in [0.4, 0.5) is 0 Å². The number of carbonyl (C=O) groups excluding carboxylic acids is 1. The lowest BCUT2D eigenvalue weighted by Crippen LogP contribution is -2.20. The maximum Gasteiger partial charge on any atom is 0.244 e. The molecule has 1 aliphatic heterocycles. The van der Waals surface area contributed by atoms with Gasteiger partial charge in [-0.05, 0) is 56.0 Å². The summed E-state index contributed by atoms with van der Waals surface area (Å²) in [5.41, 5.74) is 3.28. The second-order valence-electron chi connectivity index (χ2n) is 6.15. The van der Waals surface area contributed by atoms with Gasteiger partial charge in [-0.2, -0.15) is 0 Å². The largest absolute Gasteiger partial charge is 0.494 e. The quantitative estimate of drug-likeness (QED) is 0.792. The number of aryl methyl sites for hydroxylation is 1. The Hall–Kier alpha value is -2.27. The molecule has 0 saturated heterocycles. The molecule has 0 aliphatic carbocycles.